The summed E-state index contributed by atoms with van der Waals surface area (Å²) in [6, 6.07) is 1.50. The predicted octanol–water partition coefficient (Wildman–Crippen LogP) is 1.56. The number of aliphatic hydroxyl groups excluding tert-OH is 1. The molecule has 1 heterocycles. The second-order valence-corrected chi connectivity index (χ2v) is 5.01. The van der Waals surface area contributed by atoms with Crippen LogP contribution in [-0.2, 0) is 13.1 Å². The van der Waals surface area contributed by atoms with E-state index in [1.165, 1.54) is 12.3 Å². The van der Waals surface area contributed by atoms with Crippen molar-refractivity contribution in [2.45, 2.75) is 46.2 Å². The van der Waals surface area contributed by atoms with Crippen molar-refractivity contribution in [2.75, 3.05) is 19.7 Å². The van der Waals surface area contributed by atoms with Gasteiger partial charge in [-0.3, -0.25) is 9.69 Å². The Kier molecular flexibility index (Phi) is 7.33. The first-order valence-corrected chi connectivity index (χ1v) is 7.37. The van der Waals surface area contributed by atoms with Crippen LogP contribution in [0.1, 0.15) is 38.8 Å². The fourth-order valence-electron chi connectivity index (χ4n) is 2.15. The number of aromatic nitrogens is 1. The molecular weight excluding hydrogens is 256 g/mol. The number of aromatic hydroxyl groups is 1. The summed E-state index contributed by atoms with van der Waals surface area (Å²) in [5.41, 5.74) is 0.547. The highest BCUT2D eigenvalue weighted by atomic mass is 16.3. The Morgan fingerprint density at radius 2 is 2.05 bits per heavy atom. The molecule has 0 unspecified atom stereocenters. The Morgan fingerprint density at radius 3 is 2.65 bits per heavy atom. The first-order valence-electron chi connectivity index (χ1n) is 7.37. The summed E-state index contributed by atoms with van der Waals surface area (Å²) in [5, 5.41) is 18.5. The van der Waals surface area contributed by atoms with Crippen molar-refractivity contribution < 1.29 is 10.2 Å². The second kappa shape index (κ2) is 8.76. The van der Waals surface area contributed by atoms with Gasteiger partial charge in [0.2, 0.25) is 5.43 Å². The average Bonchev–Trinajstić information content (AvgIpc) is 2.45. The fourth-order valence-corrected chi connectivity index (χ4v) is 2.15. The molecule has 0 saturated heterocycles. The molecule has 1 aromatic rings. The molecule has 114 valence electrons. The van der Waals surface area contributed by atoms with Gasteiger partial charge in [-0.15, -0.1) is 0 Å². The highest BCUT2D eigenvalue weighted by Gasteiger charge is 2.09. The highest BCUT2D eigenvalue weighted by Crippen LogP contribution is 2.10. The van der Waals surface area contributed by atoms with E-state index in [1.807, 2.05) is 4.57 Å². The van der Waals surface area contributed by atoms with Gasteiger partial charge in [-0.25, -0.2) is 0 Å². The molecule has 0 radical (unpaired) electrons. The summed E-state index contributed by atoms with van der Waals surface area (Å²) in [4.78, 5) is 13.9. The fraction of sp³-hybridized carbons (Fsp3) is 0.667. The number of hydrogen-bond donors (Lipinski definition) is 2. The van der Waals surface area contributed by atoms with Crippen molar-refractivity contribution in [3.63, 3.8) is 0 Å². The lowest BCUT2D eigenvalue weighted by atomic mass is 10.2. The molecule has 0 amide bonds. The van der Waals surface area contributed by atoms with Gasteiger partial charge in [-0.2, -0.15) is 0 Å². The van der Waals surface area contributed by atoms with Gasteiger partial charge >= 0.3 is 0 Å². The van der Waals surface area contributed by atoms with E-state index in [-0.39, 0.29) is 17.8 Å². The van der Waals surface area contributed by atoms with Gasteiger partial charge in [0.1, 0.15) is 0 Å². The SMILES string of the molecule is CCCCN(CC)Cc1cc(=O)c(O)cn1CCCO. The van der Waals surface area contributed by atoms with Crippen LogP contribution in [0.4, 0.5) is 0 Å². The summed E-state index contributed by atoms with van der Waals surface area (Å²) in [5.74, 6) is -0.233. The molecule has 2 N–H and O–H groups in total. The summed E-state index contributed by atoms with van der Waals surface area (Å²) >= 11 is 0. The van der Waals surface area contributed by atoms with Gasteiger partial charge in [0.15, 0.2) is 5.75 Å². The van der Waals surface area contributed by atoms with Crippen molar-refractivity contribution in [2.24, 2.45) is 0 Å². The third-order valence-corrected chi connectivity index (χ3v) is 3.42. The minimum Gasteiger partial charge on any atom is -0.503 e. The number of aliphatic hydroxyl groups is 1. The number of aryl methyl sites for hydroxylation is 1. The van der Waals surface area contributed by atoms with Gasteiger partial charge < -0.3 is 14.8 Å². The molecule has 20 heavy (non-hydrogen) atoms. The van der Waals surface area contributed by atoms with Gasteiger partial charge in [-0.05, 0) is 25.9 Å². The van der Waals surface area contributed by atoms with Crippen LogP contribution in [0.15, 0.2) is 17.1 Å². The van der Waals surface area contributed by atoms with Gasteiger partial charge in [0, 0.05) is 31.5 Å². The van der Waals surface area contributed by atoms with Crippen LogP contribution in [0.3, 0.4) is 0 Å². The zero-order chi connectivity index (χ0) is 15.0. The third-order valence-electron chi connectivity index (χ3n) is 3.42. The summed E-state index contributed by atoms with van der Waals surface area (Å²) in [6.45, 7) is 7.58. The molecule has 0 bridgehead atoms. The average molecular weight is 282 g/mol. The quantitative estimate of drug-likeness (QED) is 0.721. The van der Waals surface area contributed by atoms with E-state index >= 15 is 0 Å². The molecule has 1 rings (SSSR count). The maximum atomic E-state index is 11.6. The predicted molar refractivity (Wildman–Crippen MR) is 79.9 cm³/mol. The molecule has 0 aliphatic heterocycles. The third kappa shape index (κ3) is 4.98. The number of nitrogens with zero attached hydrogens (tertiary/aromatic N) is 2. The maximum Gasteiger partial charge on any atom is 0.223 e. The second-order valence-electron chi connectivity index (χ2n) is 5.01. The molecule has 0 aliphatic rings. The minimum atomic E-state index is -0.341. The summed E-state index contributed by atoms with van der Waals surface area (Å²) in [7, 11) is 0. The van der Waals surface area contributed by atoms with Crippen molar-refractivity contribution >= 4 is 0 Å². The van der Waals surface area contributed by atoms with Crippen molar-refractivity contribution in [1.82, 2.24) is 9.47 Å². The lowest BCUT2D eigenvalue weighted by Gasteiger charge is -2.22. The molecule has 0 fully saturated rings. The molecule has 0 aromatic carbocycles. The van der Waals surface area contributed by atoms with E-state index in [2.05, 4.69) is 18.7 Å². The standard InChI is InChI=1S/C15H26N2O3/c1-3-5-7-16(4-2)11-13-10-14(19)15(20)12-17(13)8-6-9-18/h10,12,18,20H,3-9,11H2,1-2H3. The summed E-state index contributed by atoms with van der Waals surface area (Å²) < 4.78 is 1.86. The van der Waals surface area contributed by atoms with E-state index in [1.54, 1.807) is 0 Å². The molecule has 1 aromatic heterocycles. The molecular formula is C15H26N2O3. The first-order chi connectivity index (χ1) is 9.62. The molecule has 0 spiro atoms. The maximum absolute atomic E-state index is 11.6. The molecule has 0 atom stereocenters. The van der Waals surface area contributed by atoms with Crippen molar-refractivity contribution in [1.29, 1.82) is 0 Å². The molecule has 5 heteroatoms. The Balaban J connectivity index is 2.89. The molecule has 5 nitrogen and oxygen atoms in total. The smallest absolute Gasteiger partial charge is 0.223 e. The number of rotatable bonds is 9. The largest absolute Gasteiger partial charge is 0.503 e. The monoisotopic (exact) mass is 282 g/mol. The van der Waals surface area contributed by atoms with Crippen LogP contribution >= 0.6 is 0 Å². The van der Waals surface area contributed by atoms with Crippen LogP contribution in [0.5, 0.6) is 5.75 Å². The lowest BCUT2D eigenvalue weighted by molar-refractivity contribution is 0.259. The molecule has 0 aliphatic carbocycles. The van der Waals surface area contributed by atoms with E-state index in [0.717, 1.165) is 31.6 Å². The topological polar surface area (TPSA) is 65.7 Å². The Bertz CT molecular complexity index is 457. The molecule has 0 saturated carbocycles. The first kappa shape index (κ1) is 16.7. The van der Waals surface area contributed by atoms with E-state index in [9.17, 15) is 9.90 Å². The number of hydrogen-bond acceptors (Lipinski definition) is 4. The van der Waals surface area contributed by atoms with Gasteiger partial charge in [-0.1, -0.05) is 20.3 Å². The Hall–Kier alpha value is -1.33. The van der Waals surface area contributed by atoms with Crippen LogP contribution in [-0.4, -0.2) is 39.4 Å². The van der Waals surface area contributed by atoms with Crippen LogP contribution < -0.4 is 5.43 Å². The highest BCUT2D eigenvalue weighted by molar-refractivity contribution is 5.20. The van der Waals surface area contributed by atoms with E-state index in [4.69, 9.17) is 5.11 Å². The van der Waals surface area contributed by atoms with E-state index in [0.29, 0.717) is 19.5 Å². The van der Waals surface area contributed by atoms with Crippen LogP contribution in [0, 0.1) is 0 Å². The zero-order valence-corrected chi connectivity index (χ0v) is 12.5. The number of pyridine rings is 1. The van der Waals surface area contributed by atoms with Crippen molar-refractivity contribution in [3.05, 3.63) is 28.2 Å². The zero-order valence-electron chi connectivity index (χ0n) is 12.5. The summed E-state index contributed by atoms with van der Waals surface area (Å²) in [6.07, 6.45) is 4.35. The van der Waals surface area contributed by atoms with Gasteiger partial charge in [0.25, 0.3) is 0 Å². The number of unbranched alkanes of at least 4 members (excludes halogenated alkanes) is 1. The van der Waals surface area contributed by atoms with E-state index < -0.39 is 0 Å². The van der Waals surface area contributed by atoms with Crippen LogP contribution in [0.2, 0.25) is 0 Å². The minimum absolute atomic E-state index is 0.0969. The normalized spacial score (nSPS) is 11.2. The van der Waals surface area contributed by atoms with Gasteiger partial charge in [0.05, 0.1) is 6.20 Å². The van der Waals surface area contributed by atoms with Crippen LogP contribution in [0.25, 0.3) is 0 Å². The Morgan fingerprint density at radius 1 is 1.30 bits per heavy atom. The lowest BCUT2D eigenvalue weighted by Crippen LogP contribution is -2.27. The van der Waals surface area contributed by atoms with Crippen molar-refractivity contribution in [3.8, 4) is 5.75 Å². The Labute approximate surface area is 120 Å².